The number of benzene rings is 1. The Hall–Kier alpha value is -1.75. The van der Waals surface area contributed by atoms with E-state index in [0.717, 1.165) is 24.9 Å². The van der Waals surface area contributed by atoms with Gasteiger partial charge in [-0.15, -0.1) is 0 Å². The Morgan fingerprint density at radius 2 is 1.87 bits per heavy atom. The van der Waals surface area contributed by atoms with Crippen molar-refractivity contribution in [1.82, 2.24) is 0 Å². The van der Waals surface area contributed by atoms with Crippen molar-refractivity contribution in [3.8, 4) is 0 Å². The summed E-state index contributed by atoms with van der Waals surface area (Å²) in [6, 6.07) is 9.22. The third-order valence-corrected chi connectivity index (χ3v) is 5.83. The fraction of sp³-hybridized carbons (Fsp3) is 0.444. The van der Waals surface area contributed by atoms with Gasteiger partial charge in [-0.3, -0.25) is 4.31 Å². The maximum absolute atomic E-state index is 13.0. The van der Waals surface area contributed by atoms with Crippen LogP contribution in [0.2, 0.25) is 0 Å². The average Bonchev–Trinajstić information content (AvgIpc) is 3.12. The number of sulfonamides is 1. The molecule has 124 valence electrons. The summed E-state index contributed by atoms with van der Waals surface area (Å²) in [5.41, 5.74) is 3.33. The zero-order valence-corrected chi connectivity index (χ0v) is 14.7. The Morgan fingerprint density at radius 3 is 2.52 bits per heavy atom. The van der Waals surface area contributed by atoms with Gasteiger partial charge >= 0.3 is 0 Å². The van der Waals surface area contributed by atoms with Gasteiger partial charge in [-0.25, -0.2) is 0 Å². The fourth-order valence-corrected chi connectivity index (χ4v) is 4.63. The van der Waals surface area contributed by atoms with Crippen LogP contribution in [0.3, 0.4) is 0 Å². The van der Waals surface area contributed by atoms with Crippen molar-refractivity contribution in [3.63, 3.8) is 0 Å². The normalized spacial score (nSPS) is 14.3. The van der Waals surface area contributed by atoms with Gasteiger partial charge in [0.15, 0.2) is 0 Å². The van der Waals surface area contributed by atoms with Crippen molar-refractivity contribution >= 4 is 15.7 Å². The molecule has 0 saturated carbocycles. The van der Waals surface area contributed by atoms with Gasteiger partial charge in [0.2, 0.25) is 5.09 Å². The molecule has 0 atom stereocenters. The number of anilines is 1. The number of rotatable bonds is 5. The highest BCUT2D eigenvalue weighted by Crippen LogP contribution is 2.31. The minimum absolute atomic E-state index is 0.0103. The summed E-state index contributed by atoms with van der Waals surface area (Å²) >= 11 is 0. The molecule has 2 aromatic rings. The molecular formula is C18H23NO3S. The van der Waals surface area contributed by atoms with Crippen molar-refractivity contribution in [1.29, 1.82) is 0 Å². The second kappa shape index (κ2) is 6.04. The first kappa shape index (κ1) is 16.1. The molecule has 0 aliphatic heterocycles. The van der Waals surface area contributed by atoms with Crippen LogP contribution in [-0.2, 0) is 22.9 Å². The Bertz CT molecular complexity index is 805. The molecule has 1 aromatic heterocycles. The van der Waals surface area contributed by atoms with Crippen LogP contribution in [0.4, 0.5) is 5.69 Å². The second-order valence-corrected chi connectivity index (χ2v) is 8.39. The first-order valence-electron chi connectivity index (χ1n) is 8.09. The van der Waals surface area contributed by atoms with E-state index in [-0.39, 0.29) is 11.0 Å². The number of fused-ring (bicyclic) bond motifs is 1. The second-order valence-electron chi connectivity index (χ2n) is 6.60. The zero-order chi connectivity index (χ0) is 16.6. The maximum Gasteiger partial charge on any atom is 0.297 e. The smallest absolute Gasteiger partial charge is 0.297 e. The Balaban J connectivity index is 2.04. The lowest BCUT2D eigenvalue weighted by atomic mass is 10.1. The van der Waals surface area contributed by atoms with Crippen LogP contribution in [-0.4, -0.2) is 15.0 Å². The fourth-order valence-electron chi connectivity index (χ4n) is 3.05. The van der Waals surface area contributed by atoms with Gasteiger partial charge in [-0.2, -0.15) is 8.42 Å². The van der Waals surface area contributed by atoms with Crippen LogP contribution in [0.1, 0.15) is 37.2 Å². The summed E-state index contributed by atoms with van der Waals surface area (Å²) in [5, 5.41) is 0.0103. The standard InChI is InChI=1S/C18H23NO3S/c1-13(2)12-19(23(20,21)18-10-7-14(3)22-18)17-9-8-15-5-4-6-16(15)11-17/h7-11,13H,4-6,12H2,1-3H3. The van der Waals surface area contributed by atoms with E-state index in [1.165, 1.54) is 21.5 Å². The molecule has 0 saturated heterocycles. The van der Waals surface area contributed by atoms with E-state index in [0.29, 0.717) is 12.3 Å². The Kier molecular flexibility index (Phi) is 4.23. The number of aryl methyl sites for hydroxylation is 3. The molecule has 0 unspecified atom stereocenters. The van der Waals surface area contributed by atoms with Gasteiger partial charge in [0.05, 0.1) is 5.69 Å². The van der Waals surface area contributed by atoms with Crippen molar-refractivity contribution in [3.05, 3.63) is 47.2 Å². The van der Waals surface area contributed by atoms with Gasteiger partial charge in [-0.05, 0) is 67.5 Å². The van der Waals surface area contributed by atoms with Gasteiger partial charge in [-0.1, -0.05) is 19.9 Å². The van der Waals surface area contributed by atoms with Gasteiger partial charge in [0.25, 0.3) is 10.0 Å². The minimum atomic E-state index is -3.68. The van der Waals surface area contributed by atoms with Crippen LogP contribution in [0.5, 0.6) is 0 Å². The SMILES string of the molecule is Cc1ccc(S(=O)(=O)N(CC(C)C)c2ccc3c(c2)CCC3)o1. The molecular weight excluding hydrogens is 310 g/mol. The third-order valence-electron chi connectivity index (χ3n) is 4.16. The summed E-state index contributed by atoms with van der Waals surface area (Å²) < 4.78 is 32.9. The van der Waals surface area contributed by atoms with Crippen LogP contribution in [0.15, 0.2) is 39.8 Å². The number of hydrogen-bond donors (Lipinski definition) is 0. The molecule has 3 rings (SSSR count). The van der Waals surface area contributed by atoms with E-state index in [2.05, 4.69) is 6.07 Å². The highest BCUT2D eigenvalue weighted by Gasteiger charge is 2.29. The lowest BCUT2D eigenvalue weighted by Crippen LogP contribution is -2.34. The van der Waals surface area contributed by atoms with E-state index in [4.69, 9.17) is 4.42 Å². The van der Waals surface area contributed by atoms with Crippen molar-refractivity contribution in [2.75, 3.05) is 10.8 Å². The molecule has 0 N–H and O–H groups in total. The van der Waals surface area contributed by atoms with Crippen molar-refractivity contribution in [2.24, 2.45) is 5.92 Å². The lowest BCUT2D eigenvalue weighted by Gasteiger charge is -2.25. The number of nitrogens with zero attached hydrogens (tertiary/aromatic N) is 1. The largest absolute Gasteiger partial charge is 0.448 e. The minimum Gasteiger partial charge on any atom is -0.448 e. The molecule has 23 heavy (non-hydrogen) atoms. The number of hydrogen-bond acceptors (Lipinski definition) is 3. The highest BCUT2D eigenvalue weighted by atomic mass is 32.2. The van der Waals surface area contributed by atoms with Crippen LogP contribution < -0.4 is 4.31 Å². The molecule has 1 aliphatic carbocycles. The van der Waals surface area contributed by atoms with E-state index < -0.39 is 10.0 Å². The molecule has 5 heteroatoms. The highest BCUT2D eigenvalue weighted by molar-refractivity contribution is 7.92. The topological polar surface area (TPSA) is 50.5 Å². The van der Waals surface area contributed by atoms with E-state index in [9.17, 15) is 8.42 Å². The molecule has 1 heterocycles. The van der Waals surface area contributed by atoms with Crippen LogP contribution >= 0.6 is 0 Å². The summed E-state index contributed by atoms with van der Waals surface area (Å²) in [4.78, 5) is 0. The quantitative estimate of drug-likeness (QED) is 0.833. The summed E-state index contributed by atoms with van der Waals surface area (Å²) in [6.45, 7) is 6.22. The predicted octanol–water partition coefficient (Wildman–Crippen LogP) is 3.93. The van der Waals surface area contributed by atoms with E-state index in [1.807, 2.05) is 26.0 Å². The molecule has 0 fully saturated rings. The van der Waals surface area contributed by atoms with Gasteiger partial charge in [0, 0.05) is 6.54 Å². The number of furan rings is 1. The third kappa shape index (κ3) is 3.15. The average molecular weight is 333 g/mol. The summed E-state index contributed by atoms with van der Waals surface area (Å²) in [6.07, 6.45) is 3.26. The molecule has 0 bridgehead atoms. The zero-order valence-electron chi connectivity index (χ0n) is 13.9. The molecule has 1 aliphatic rings. The van der Waals surface area contributed by atoms with Gasteiger partial charge in [0.1, 0.15) is 5.76 Å². The Morgan fingerprint density at radius 1 is 1.13 bits per heavy atom. The van der Waals surface area contributed by atoms with Crippen LogP contribution in [0.25, 0.3) is 0 Å². The summed E-state index contributed by atoms with van der Waals surface area (Å²) in [7, 11) is -3.68. The molecule has 1 aromatic carbocycles. The molecule has 0 spiro atoms. The molecule has 4 nitrogen and oxygen atoms in total. The molecule has 0 amide bonds. The van der Waals surface area contributed by atoms with Gasteiger partial charge < -0.3 is 4.42 Å². The first-order valence-corrected chi connectivity index (χ1v) is 9.53. The molecule has 0 radical (unpaired) electrons. The van der Waals surface area contributed by atoms with Crippen LogP contribution in [0, 0.1) is 12.8 Å². The lowest BCUT2D eigenvalue weighted by molar-refractivity contribution is 0.426. The Labute approximate surface area is 138 Å². The monoisotopic (exact) mass is 333 g/mol. The summed E-state index contributed by atoms with van der Waals surface area (Å²) in [5.74, 6) is 0.816. The van der Waals surface area contributed by atoms with E-state index >= 15 is 0 Å². The van der Waals surface area contributed by atoms with E-state index in [1.54, 1.807) is 13.0 Å². The maximum atomic E-state index is 13.0. The predicted molar refractivity (Wildman–Crippen MR) is 91.3 cm³/mol. The van der Waals surface area contributed by atoms with Crippen molar-refractivity contribution < 1.29 is 12.8 Å². The van der Waals surface area contributed by atoms with Crippen molar-refractivity contribution in [2.45, 2.75) is 45.1 Å². The first-order chi connectivity index (χ1) is 10.9.